The first-order valence-electron chi connectivity index (χ1n) is 7.81. The summed E-state index contributed by atoms with van der Waals surface area (Å²) in [6, 6.07) is 1.23. The van der Waals surface area contributed by atoms with Crippen molar-refractivity contribution in [3.05, 3.63) is 0 Å². The number of morpholine rings is 1. The van der Waals surface area contributed by atoms with E-state index in [1.807, 2.05) is 0 Å². The van der Waals surface area contributed by atoms with E-state index >= 15 is 0 Å². The molecule has 1 N–H and O–H groups in total. The quantitative estimate of drug-likeness (QED) is 0.787. The van der Waals surface area contributed by atoms with E-state index in [1.54, 1.807) is 0 Å². The predicted octanol–water partition coefficient (Wildman–Crippen LogP) is 2.26. The summed E-state index contributed by atoms with van der Waals surface area (Å²) < 4.78 is 6.07. The molecule has 1 aliphatic heterocycles. The average Bonchev–Trinajstić information content (AvgIpc) is 2.32. The number of hydrogen-bond donors (Lipinski definition) is 1. The normalized spacial score (nSPS) is 28.3. The molecule has 0 spiro atoms. The van der Waals surface area contributed by atoms with Gasteiger partial charge in [0.2, 0.25) is 0 Å². The minimum absolute atomic E-state index is 0.401. The summed E-state index contributed by atoms with van der Waals surface area (Å²) in [6.07, 6.45) is 5.81. The monoisotopic (exact) mass is 254 g/mol. The van der Waals surface area contributed by atoms with Crippen LogP contribution in [0.4, 0.5) is 0 Å². The summed E-state index contributed by atoms with van der Waals surface area (Å²) >= 11 is 0. The van der Waals surface area contributed by atoms with Crippen LogP contribution in [-0.4, -0.2) is 49.3 Å². The van der Waals surface area contributed by atoms with Crippen molar-refractivity contribution < 1.29 is 4.74 Å². The van der Waals surface area contributed by atoms with E-state index in [4.69, 9.17) is 4.74 Å². The van der Waals surface area contributed by atoms with Crippen LogP contribution in [-0.2, 0) is 4.74 Å². The fourth-order valence-electron chi connectivity index (χ4n) is 3.09. The summed E-state index contributed by atoms with van der Waals surface area (Å²) in [5.74, 6) is 0.855. The second-order valence-electron chi connectivity index (χ2n) is 6.17. The highest BCUT2D eigenvalue weighted by atomic mass is 16.5. The molecule has 1 heterocycles. The average molecular weight is 254 g/mol. The van der Waals surface area contributed by atoms with Crippen LogP contribution >= 0.6 is 0 Å². The van der Waals surface area contributed by atoms with Crippen LogP contribution in [0.25, 0.3) is 0 Å². The minimum atomic E-state index is 0.401. The maximum Gasteiger partial charge on any atom is 0.0858 e. The molecule has 0 radical (unpaired) electrons. The highest BCUT2D eigenvalue weighted by Gasteiger charge is 2.36. The number of ether oxygens (including phenoxy) is 1. The zero-order valence-corrected chi connectivity index (χ0v) is 12.3. The molecule has 106 valence electrons. The topological polar surface area (TPSA) is 24.5 Å². The number of rotatable bonds is 6. The van der Waals surface area contributed by atoms with Gasteiger partial charge in [-0.25, -0.2) is 0 Å². The first kappa shape index (κ1) is 14.3. The number of nitrogens with one attached hydrogen (secondary N) is 1. The molecule has 18 heavy (non-hydrogen) atoms. The highest BCUT2D eigenvalue weighted by molar-refractivity contribution is 4.91. The largest absolute Gasteiger partial charge is 0.374 e. The van der Waals surface area contributed by atoms with Crippen LogP contribution in [0.5, 0.6) is 0 Å². The van der Waals surface area contributed by atoms with Crippen molar-refractivity contribution in [1.29, 1.82) is 0 Å². The highest BCUT2D eigenvalue weighted by Crippen LogP contribution is 2.32. The van der Waals surface area contributed by atoms with Gasteiger partial charge in [0.25, 0.3) is 0 Å². The smallest absolute Gasteiger partial charge is 0.0858 e. The van der Waals surface area contributed by atoms with Crippen molar-refractivity contribution >= 4 is 0 Å². The molecule has 1 saturated heterocycles. The van der Waals surface area contributed by atoms with E-state index < -0.39 is 0 Å². The van der Waals surface area contributed by atoms with Crippen LogP contribution in [0.3, 0.4) is 0 Å². The fraction of sp³-hybridized carbons (Fsp3) is 1.00. The lowest BCUT2D eigenvalue weighted by atomic mass is 9.77. The summed E-state index contributed by atoms with van der Waals surface area (Å²) in [5, 5.41) is 3.75. The van der Waals surface area contributed by atoms with Crippen molar-refractivity contribution in [2.45, 2.75) is 64.6 Å². The van der Waals surface area contributed by atoms with Crippen LogP contribution in [0.15, 0.2) is 0 Å². The Morgan fingerprint density at radius 3 is 2.67 bits per heavy atom. The Balaban J connectivity index is 1.91. The fourth-order valence-corrected chi connectivity index (χ4v) is 3.09. The van der Waals surface area contributed by atoms with E-state index in [0.29, 0.717) is 18.2 Å². The van der Waals surface area contributed by atoms with E-state index in [0.717, 1.165) is 32.2 Å². The van der Waals surface area contributed by atoms with Crippen LogP contribution in [0.1, 0.15) is 46.5 Å². The van der Waals surface area contributed by atoms with Gasteiger partial charge in [-0.05, 0) is 45.6 Å². The molecule has 0 aromatic carbocycles. The van der Waals surface area contributed by atoms with Gasteiger partial charge >= 0.3 is 0 Å². The number of nitrogens with zero attached hydrogens (tertiary/aromatic N) is 1. The molecule has 2 fully saturated rings. The Morgan fingerprint density at radius 2 is 2.11 bits per heavy atom. The molecule has 1 saturated carbocycles. The van der Waals surface area contributed by atoms with E-state index in [-0.39, 0.29) is 0 Å². The lowest BCUT2D eigenvalue weighted by molar-refractivity contribution is -0.0709. The first-order chi connectivity index (χ1) is 8.72. The predicted molar refractivity (Wildman–Crippen MR) is 75.9 cm³/mol. The maximum absolute atomic E-state index is 6.07. The zero-order chi connectivity index (χ0) is 13.0. The lowest BCUT2D eigenvalue weighted by Gasteiger charge is -2.44. The van der Waals surface area contributed by atoms with Gasteiger partial charge in [-0.15, -0.1) is 0 Å². The SMILES string of the molecule is CCCNC(C1CCC1)C1CN(C(C)C)CCO1. The molecule has 0 aromatic rings. The molecule has 0 amide bonds. The molecule has 2 aliphatic rings. The van der Waals surface area contributed by atoms with E-state index in [2.05, 4.69) is 31.0 Å². The third kappa shape index (κ3) is 3.46. The van der Waals surface area contributed by atoms with E-state index in [9.17, 15) is 0 Å². The van der Waals surface area contributed by atoms with Crippen molar-refractivity contribution in [3.8, 4) is 0 Å². The Morgan fingerprint density at radius 1 is 1.33 bits per heavy atom. The van der Waals surface area contributed by atoms with Crippen molar-refractivity contribution in [3.63, 3.8) is 0 Å². The molecular weight excluding hydrogens is 224 g/mol. The Labute approximate surface area is 112 Å². The van der Waals surface area contributed by atoms with Crippen molar-refractivity contribution in [2.75, 3.05) is 26.2 Å². The minimum Gasteiger partial charge on any atom is -0.374 e. The second-order valence-corrected chi connectivity index (χ2v) is 6.17. The molecule has 2 atom stereocenters. The third-order valence-corrected chi connectivity index (χ3v) is 4.54. The Hall–Kier alpha value is -0.120. The molecule has 0 bridgehead atoms. The summed E-state index contributed by atoms with van der Waals surface area (Å²) in [5.41, 5.74) is 0. The van der Waals surface area contributed by atoms with Crippen molar-refractivity contribution in [1.82, 2.24) is 10.2 Å². The molecule has 3 heteroatoms. The van der Waals surface area contributed by atoms with Gasteiger partial charge in [0, 0.05) is 25.2 Å². The molecular formula is C15H30N2O. The molecule has 2 rings (SSSR count). The second kappa shape index (κ2) is 6.88. The molecule has 1 aliphatic carbocycles. The molecule has 3 nitrogen and oxygen atoms in total. The summed E-state index contributed by atoms with van der Waals surface area (Å²) in [7, 11) is 0. The van der Waals surface area contributed by atoms with Crippen molar-refractivity contribution in [2.24, 2.45) is 5.92 Å². The maximum atomic E-state index is 6.07. The van der Waals surface area contributed by atoms with Gasteiger partial charge in [0.1, 0.15) is 0 Å². The first-order valence-corrected chi connectivity index (χ1v) is 7.81. The van der Waals surface area contributed by atoms with Crippen LogP contribution in [0, 0.1) is 5.92 Å². The van der Waals surface area contributed by atoms with Gasteiger partial charge in [0.05, 0.1) is 12.7 Å². The lowest BCUT2D eigenvalue weighted by Crippen LogP contribution is -2.57. The van der Waals surface area contributed by atoms with Gasteiger partial charge < -0.3 is 10.1 Å². The van der Waals surface area contributed by atoms with Gasteiger partial charge in [-0.1, -0.05) is 13.3 Å². The molecule has 2 unspecified atom stereocenters. The van der Waals surface area contributed by atoms with E-state index in [1.165, 1.54) is 25.7 Å². The Kier molecular flexibility index (Phi) is 5.46. The van der Waals surface area contributed by atoms with Gasteiger partial charge in [0.15, 0.2) is 0 Å². The van der Waals surface area contributed by atoms with Gasteiger partial charge in [-0.3, -0.25) is 4.90 Å². The molecule has 0 aromatic heterocycles. The summed E-state index contributed by atoms with van der Waals surface area (Å²) in [6.45, 7) is 11.1. The zero-order valence-electron chi connectivity index (χ0n) is 12.3. The van der Waals surface area contributed by atoms with Crippen LogP contribution < -0.4 is 5.32 Å². The summed E-state index contributed by atoms with van der Waals surface area (Å²) in [4.78, 5) is 2.56. The standard InChI is InChI=1S/C15H30N2O/c1-4-8-16-15(13-6-5-7-13)14-11-17(12(2)3)9-10-18-14/h12-16H,4-11H2,1-3H3. The van der Waals surface area contributed by atoms with Crippen LogP contribution in [0.2, 0.25) is 0 Å². The van der Waals surface area contributed by atoms with Gasteiger partial charge in [-0.2, -0.15) is 0 Å². The number of hydrogen-bond acceptors (Lipinski definition) is 3. The third-order valence-electron chi connectivity index (χ3n) is 4.54. The Bertz CT molecular complexity index is 241.